The molecular formula is C47H53ClF3N5O6S3. The Morgan fingerprint density at radius 1 is 0.877 bits per heavy atom. The van der Waals surface area contributed by atoms with Crippen molar-refractivity contribution in [2.45, 2.75) is 83.3 Å². The first-order valence-electron chi connectivity index (χ1n) is 22.0. The Hall–Kier alpha value is -4.10. The van der Waals surface area contributed by atoms with Crippen molar-refractivity contribution in [1.29, 1.82) is 0 Å². The Bertz CT molecular complexity index is 2560. The van der Waals surface area contributed by atoms with Gasteiger partial charge in [-0.3, -0.25) is 14.6 Å². The number of morpholine rings is 1. The maximum atomic E-state index is 14.2. The van der Waals surface area contributed by atoms with E-state index in [9.17, 15) is 34.8 Å². The molecule has 3 fully saturated rings. The van der Waals surface area contributed by atoms with E-state index in [1.165, 1.54) is 59.9 Å². The number of fused-ring (bicyclic) bond motifs is 2. The van der Waals surface area contributed by atoms with Crippen LogP contribution in [-0.2, 0) is 24.6 Å². The van der Waals surface area contributed by atoms with E-state index in [1.807, 2.05) is 47.2 Å². The number of hydrogen-bond donors (Lipinski definition) is 2. The van der Waals surface area contributed by atoms with Crippen LogP contribution in [0.4, 0.5) is 24.5 Å². The molecule has 11 nitrogen and oxygen atoms in total. The molecule has 0 radical (unpaired) electrons. The van der Waals surface area contributed by atoms with Crippen LogP contribution in [0.15, 0.2) is 117 Å². The Balaban J connectivity index is 0.930. The first-order chi connectivity index (χ1) is 31.1. The molecule has 4 aromatic carbocycles. The molecule has 0 aromatic heterocycles. The summed E-state index contributed by atoms with van der Waals surface area (Å²) in [5.74, 6) is -0.639. The number of anilines is 2. The molecule has 1 amide bonds. The second kappa shape index (κ2) is 20.4. The summed E-state index contributed by atoms with van der Waals surface area (Å²) in [4.78, 5) is 19.1. The smallest absolute Gasteiger partial charge is 0.380 e. The highest BCUT2D eigenvalue weighted by Gasteiger charge is 2.48. The largest absolute Gasteiger partial charge is 0.501 e. The molecule has 3 saturated heterocycles. The third kappa shape index (κ3) is 11.5. The lowest BCUT2D eigenvalue weighted by molar-refractivity contribution is -0.0435. The van der Waals surface area contributed by atoms with E-state index in [0.29, 0.717) is 31.4 Å². The normalized spacial score (nSPS) is 20.5. The fraction of sp³-hybridized carbons (Fsp3) is 0.426. The number of nitrogens with zero attached hydrogens (tertiary/aromatic N) is 3. The molecule has 2 N–H and O–H groups in total. The van der Waals surface area contributed by atoms with Crippen molar-refractivity contribution < 1.29 is 39.5 Å². The molecule has 3 atom stereocenters. The molecule has 2 unspecified atom stereocenters. The number of amides is 1. The van der Waals surface area contributed by atoms with Crippen LogP contribution in [0.2, 0.25) is 5.02 Å². The Kier molecular flexibility index (Phi) is 14.9. The minimum Gasteiger partial charge on any atom is -0.380 e. The molecule has 1 aliphatic carbocycles. The molecule has 3 heterocycles. The highest BCUT2D eigenvalue weighted by molar-refractivity contribution is 7.99. The molecule has 348 valence electrons. The molecule has 4 aliphatic rings. The number of nitrogens with one attached hydrogen (secondary N) is 2. The van der Waals surface area contributed by atoms with Gasteiger partial charge in [0.25, 0.3) is 25.8 Å². The Morgan fingerprint density at radius 2 is 1.60 bits per heavy atom. The molecular weight excluding hydrogens is 919 g/mol. The summed E-state index contributed by atoms with van der Waals surface area (Å²) in [6, 6.07) is 26.2. The van der Waals surface area contributed by atoms with Crippen LogP contribution in [0.1, 0.15) is 60.9 Å². The highest BCUT2D eigenvalue weighted by atomic mass is 35.5. The third-order valence-electron chi connectivity index (χ3n) is 12.7. The number of allylic oxidation sites excluding steroid dienone is 1. The van der Waals surface area contributed by atoms with Crippen LogP contribution in [0.25, 0.3) is 5.57 Å². The molecule has 2 bridgehead atoms. The number of thioether (sulfide) groups is 1. The zero-order valence-corrected chi connectivity index (χ0v) is 39.0. The molecule has 3 aliphatic heterocycles. The first kappa shape index (κ1) is 47.4. The van der Waals surface area contributed by atoms with E-state index in [2.05, 4.69) is 32.1 Å². The van der Waals surface area contributed by atoms with Crippen molar-refractivity contribution in [3.05, 3.63) is 119 Å². The molecule has 0 spiro atoms. The first-order valence-corrected chi connectivity index (χ1v) is 26.3. The van der Waals surface area contributed by atoms with Gasteiger partial charge in [0, 0.05) is 84.8 Å². The number of hydrogen-bond acceptors (Lipinski definition) is 11. The van der Waals surface area contributed by atoms with Gasteiger partial charge < -0.3 is 15.0 Å². The Morgan fingerprint density at radius 3 is 2.28 bits per heavy atom. The lowest BCUT2D eigenvalue weighted by Gasteiger charge is -2.37. The lowest BCUT2D eigenvalue weighted by atomic mass is 9.95. The van der Waals surface area contributed by atoms with Crippen molar-refractivity contribution in [3.8, 4) is 0 Å². The van der Waals surface area contributed by atoms with Gasteiger partial charge in [-0.15, -0.1) is 11.8 Å². The average molecular weight is 973 g/mol. The second-order valence-electron chi connectivity index (χ2n) is 17.1. The van der Waals surface area contributed by atoms with Crippen molar-refractivity contribution in [2.24, 2.45) is 0 Å². The fourth-order valence-corrected chi connectivity index (χ4v) is 12.3. The van der Waals surface area contributed by atoms with Crippen LogP contribution in [0, 0.1) is 0 Å². The predicted molar refractivity (Wildman–Crippen MR) is 250 cm³/mol. The zero-order chi connectivity index (χ0) is 45.8. The number of sulfonamides is 1. The van der Waals surface area contributed by atoms with Crippen LogP contribution in [0.5, 0.6) is 0 Å². The van der Waals surface area contributed by atoms with Crippen molar-refractivity contribution in [1.82, 2.24) is 14.5 Å². The quantitative estimate of drug-likeness (QED) is 0.105. The number of benzene rings is 4. The van der Waals surface area contributed by atoms with Crippen LogP contribution in [-0.4, -0.2) is 114 Å². The molecule has 65 heavy (non-hydrogen) atoms. The number of alkyl halides is 3. The van der Waals surface area contributed by atoms with Gasteiger partial charge in [-0.1, -0.05) is 53.9 Å². The molecule has 8 rings (SSSR count). The monoisotopic (exact) mass is 971 g/mol. The molecule has 4 aromatic rings. The number of likely N-dealkylation sites (tertiary alicyclic amines) is 1. The predicted octanol–water partition coefficient (Wildman–Crippen LogP) is 8.73. The summed E-state index contributed by atoms with van der Waals surface area (Å²) >= 11 is 7.64. The van der Waals surface area contributed by atoms with Gasteiger partial charge in [-0.2, -0.15) is 13.2 Å². The number of halogens is 4. The number of carbonyl (C=O) groups is 1. The summed E-state index contributed by atoms with van der Waals surface area (Å²) in [5.41, 5.74) is -1.14. The topological polar surface area (TPSA) is 128 Å². The van der Waals surface area contributed by atoms with E-state index in [-0.39, 0.29) is 17.7 Å². The number of piperazine rings is 1. The third-order valence-corrected chi connectivity index (χ3v) is 17.0. The van der Waals surface area contributed by atoms with E-state index in [4.69, 9.17) is 16.3 Å². The molecule has 0 saturated carbocycles. The second-order valence-corrected chi connectivity index (χ2v) is 22.2. The summed E-state index contributed by atoms with van der Waals surface area (Å²) in [6.07, 6.45) is 7.18. The zero-order valence-electron chi connectivity index (χ0n) is 35.8. The van der Waals surface area contributed by atoms with E-state index in [0.717, 1.165) is 86.3 Å². The number of rotatable bonds is 16. The summed E-state index contributed by atoms with van der Waals surface area (Å²) in [7, 11) is -10.9. The fourth-order valence-electron chi connectivity index (χ4n) is 9.16. The maximum Gasteiger partial charge on any atom is 0.501 e. The summed E-state index contributed by atoms with van der Waals surface area (Å²) in [6.45, 7) is 6.01. The van der Waals surface area contributed by atoms with Gasteiger partial charge in [0.2, 0.25) is 0 Å². The van der Waals surface area contributed by atoms with Gasteiger partial charge in [-0.25, -0.2) is 21.6 Å². The SMILES string of the molecule is O=C(NS(=O)(=O)c1ccc(NC(CCN2C[C@@H]3CC2CO3)CSc2ccccc2)c(S(=O)(=O)C(F)(F)F)c1)c1ccc(N2CCN(CC3=C(c4ccc(Cl)cc4)CCCCC3)CC2)cc1. The number of carbonyl (C=O) groups excluding carboxylic acids is 1. The van der Waals surface area contributed by atoms with Crippen molar-refractivity contribution in [2.75, 3.05) is 68.4 Å². The van der Waals surface area contributed by atoms with Gasteiger partial charge >= 0.3 is 5.51 Å². The van der Waals surface area contributed by atoms with Crippen molar-refractivity contribution >= 4 is 66.1 Å². The van der Waals surface area contributed by atoms with Crippen LogP contribution < -0.4 is 14.9 Å². The Labute approximate surface area is 388 Å². The van der Waals surface area contributed by atoms with Crippen LogP contribution in [0.3, 0.4) is 0 Å². The van der Waals surface area contributed by atoms with Crippen LogP contribution >= 0.6 is 23.4 Å². The van der Waals surface area contributed by atoms with Crippen molar-refractivity contribution in [3.63, 3.8) is 0 Å². The summed E-state index contributed by atoms with van der Waals surface area (Å²) in [5, 5.41) is 3.74. The van der Waals surface area contributed by atoms with E-state index < -0.39 is 52.8 Å². The minimum atomic E-state index is -6.05. The highest BCUT2D eigenvalue weighted by Crippen LogP contribution is 2.38. The van der Waals surface area contributed by atoms with Gasteiger partial charge in [-0.05, 0) is 116 Å². The van der Waals surface area contributed by atoms with E-state index in [1.54, 1.807) is 12.1 Å². The minimum absolute atomic E-state index is 0.00366. The lowest BCUT2D eigenvalue weighted by Crippen LogP contribution is -2.47. The number of sulfone groups is 1. The van der Waals surface area contributed by atoms with E-state index >= 15 is 0 Å². The average Bonchev–Trinajstić information content (AvgIpc) is 3.85. The van der Waals surface area contributed by atoms with Gasteiger partial charge in [0.1, 0.15) is 4.90 Å². The molecule has 18 heteroatoms. The van der Waals surface area contributed by atoms with Gasteiger partial charge in [0.15, 0.2) is 0 Å². The van der Waals surface area contributed by atoms with Gasteiger partial charge in [0.05, 0.1) is 23.3 Å². The standard InChI is InChI=1S/C47H53ClF3N5O6S3/c48-36-15-11-33(12-16-36)43-10-6-1-3-7-35(43)29-54-23-25-55(26-24-54)38-17-13-34(14-18-38)46(57)53-65(60,61)42-19-20-44(45(28-42)64(58,59)47(49,50)51)52-37(32-63-41-8-4-2-5-9-41)21-22-56-30-40-27-39(56)31-62-40/h2,4-5,8-9,11-20,28,37,39-40,52H,1,3,6-7,10,21-27,29-32H2,(H,53,57)/t37?,39?,40-/m0/s1. The maximum absolute atomic E-state index is 14.2. The number of ether oxygens (including phenoxy) is 1. The summed E-state index contributed by atoms with van der Waals surface area (Å²) < 4.78 is 104.